The first kappa shape index (κ1) is 17.8. The Morgan fingerprint density at radius 2 is 1.75 bits per heavy atom. The number of rotatable bonds is 3. The number of aryl methyl sites for hydroxylation is 2. The van der Waals surface area contributed by atoms with Gasteiger partial charge in [-0.2, -0.15) is 5.26 Å². The lowest BCUT2D eigenvalue weighted by Crippen LogP contribution is -2.01. The van der Waals surface area contributed by atoms with Gasteiger partial charge in [-0.1, -0.05) is 36.4 Å². The molecule has 0 unspecified atom stereocenters. The number of nitrogens with zero attached hydrogens (tertiary/aromatic N) is 3. The summed E-state index contributed by atoms with van der Waals surface area (Å²) in [5.41, 5.74) is 5.96. The zero-order valence-electron chi connectivity index (χ0n) is 16.3. The fraction of sp³-hybridized carbons (Fsp3) is 0.120. The van der Waals surface area contributed by atoms with Gasteiger partial charge in [0, 0.05) is 17.6 Å². The van der Waals surface area contributed by atoms with Gasteiger partial charge in [0.15, 0.2) is 0 Å². The van der Waals surface area contributed by atoms with E-state index in [1.165, 1.54) is 10.9 Å². The lowest BCUT2D eigenvalue weighted by Gasteiger charge is -2.09. The summed E-state index contributed by atoms with van der Waals surface area (Å²) < 4.78 is 2.13. The smallest absolute Gasteiger partial charge is 0.137 e. The van der Waals surface area contributed by atoms with Gasteiger partial charge in [-0.25, -0.2) is 4.98 Å². The van der Waals surface area contributed by atoms with E-state index < -0.39 is 0 Å². The zero-order valence-corrected chi connectivity index (χ0v) is 16.3. The molecule has 28 heavy (non-hydrogen) atoms. The molecule has 2 heterocycles. The van der Waals surface area contributed by atoms with E-state index in [2.05, 4.69) is 72.8 Å². The van der Waals surface area contributed by atoms with Gasteiger partial charge in [0.05, 0.1) is 11.6 Å². The van der Waals surface area contributed by atoms with E-state index >= 15 is 0 Å². The van der Waals surface area contributed by atoms with Gasteiger partial charge in [-0.3, -0.25) is 0 Å². The van der Waals surface area contributed by atoms with Crippen LogP contribution >= 0.6 is 0 Å². The minimum atomic E-state index is 0.656. The summed E-state index contributed by atoms with van der Waals surface area (Å²) >= 11 is 0. The fourth-order valence-electron chi connectivity index (χ4n) is 3.62. The summed E-state index contributed by atoms with van der Waals surface area (Å²) in [6.45, 7) is 6.20. The van der Waals surface area contributed by atoms with Crippen LogP contribution in [0.15, 0.2) is 66.9 Å². The molecule has 0 radical (unpaired) electrons. The molecule has 0 spiro atoms. The molecule has 0 aliphatic carbocycles. The normalized spacial score (nSPS) is 11.6. The van der Waals surface area contributed by atoms with E-state index in [0.717, 1.165) is 33.7 Å². The molecule has 0 saturated carbocycles. The number of pyridine rings is 1. The Morgan fingerprint density at radius 1 is 0.964 bits per heavy atom. The predicted molar refractivity (Wildman–Crippen MR) is 115 cm³/mol. The Hall–Kier alpha value is -3.64. The molecule has 2 aromatic heterocycles. The minimum Gasteiger partial charge on any atom is -0.303 e. The minimum absolute atomic E-state index is 0.656. The molecule has 0 atom stereocenters. The van der Waals surface area contributed by atoms with E-state index in [4.69, 9.17) is 0 Å². The van der Waals surface area contributed by atoms with Crippen LogP contribution in [-0.2, 0) is 0 Å². The van der Waals surface area contributed by atoms with Crippen molar-refractivity contribution in [2.75, 3.05) is 0 Å². The molecular weight excluding hydrogens is 342 g/mol. The first-order valence-electron chi connectivity index (χ1n) is 9.30. The number of hydrogen-bond donors (Lipinski definition) is 0. The maximum atomic E-state index is 9.80. The summed E-state index contributed by atoms with van der Waals surface area (Å²) in [7, 11) is 0. The zero-order chi connectivity index (χ0) is 19.7. The van der Waals surface area contributed by atoms with E-state index in [9.17, 15) is 5.26 Å². The van der Waals surface area contributed by atoms with Crippen LogP contribution in [0, 0.1) is 32.1 Å². The largest absolute Gasteiger partial charge is 0.303 e. The van der Waals surface area contributed by atoms with Gasteiger partial charge in [-0.05, 0) is 78.6 Å². The number of benzene rings is 2. The number of fused-ring (bicyclic) bond motifs is 1. The number of nitriles is 1. The highest BCUT2D eigenvalue weighted by atomic mass is 15.1. The second kappa shape index (κ2) is 7.17. The molecule has 4 rings (SSSR count). The SMILES string of the molecule is Cc1ccnc(-n2c(C)cc(/C=C(/C#N)c3ccc4ccccc4c3)c2C)c1. The highest BCUT2D eigenvalue weighted by Crippen LogP contribution is 2.26. The summed E-state index contributed by atoms with van der Waals surface area (Å²) in [4.78, 5) is 4.51. The Balaban J connectivity index is 1.80. The Morgan fingerprint density at radius 3 is 2.50 bits per heavy atom. The van der Waals surface area contributed by atoms with Crippen LogP contribution in [0.5, 0.6) is 0 Å². The molecule has 0 N–H and O–H groups in total. The third-order valence-electron chi connectivity index (χ3n) is 5.08. The van der Waals surface area contributed by atoms with Gasteiger partial charge < -0.3 is 4.57 Å². The van der Waals surface area contributed by atoms with Crippen LogP contribution in [0.4, 0.5) is 0 Å². The number of hydrogen-bond acceptors (Lipinski definition) is 2. The van der Waals surface area contributed by atoms with E-state index in [1.54, 1.807) is 0 Å². The number of allylic oxidation sites excluding steroid dienone is 1. The van der Waals surface area contributed by atoms with Gasteiger partial charge >= 0.3 is 0 Å². The molecule has 2 aromatic carbocycles. The van der Waals surface area contributed by atoms with Gasteiger partial charge in [0.1, 0.15) is 5.82 Å². The fourth-order valence-corrected chi connectivity index (χ4v) is 3.62. The molecule has 136 valence electrons. The summed E-state index contributed by atoms with van der Waals surface area (Å²) in [5, 5.41) is 12.1. The molecule has 3 heteroatoms. The van der Waals surface area contributed by atoms with Gasteiger partial charge in [-0.15, -0.1) is 0 Å². The molecule has 4 aromatic rings. The average molecular weight is 363 g/mol. The third-order valence-corrected chi connectivity index (χ3v) is 5.08. The molecule has 0 bridgehead atoms. The van der Waals surface area contributed by atoms with Gasteiger partial charge in [0.2, 0.25) is 0 Å². The first-order valence-corrected chi connectivity index (χ1v) is 9.30. The molecular formula is C25H21N3. The monoisotopic (exact) mass is 363 g/mol. The molecule has 0 fully saturated rings. The molecule has 3 nitrogen and oxygen atoms in total. The third kappa shape index (κ3) is 3.21. The summed E-state index contributed by atoms with van der Waals surface area (Å²) in [5.74, 6) is 0.902. The van der Waals surface area contributed by atoms with E-state index in [1.807, 2.05) is 36.5 Å². The number of aromatic nitrogens is 2. The molecule has 0 amide bonds. The molecule has 0 saturated heterocycles. The van der Waals surface area contributed by atoms with Crippen molar-refractivity contribution >= 4 is 22.4 Å². The van der Waals surface area contributed by atoms with Crippen LogP contribution in [-0.4, -0.2) is 9.55 Å². The highest BCUT2D eigenvalue weighted by Gasteiger charge is 2.12. The quantitative estimate of drug-likeness (QED) is 0.418. The summed E-state index contributed by atoms with van der Waals surface area (Å²) in [6, 6.07) is 22.9. The maximum Gasteiger partial charge on any atom is 0.137 e. The van der Waals surface area contributed by atoms with Crippen molar-refractivity contribution in [3.63, 3.8) is 0 Å². The first-order chi connectivity index (χ1) is 13.6. The van der Waals surface area contributed by atoms with E-state index in [0.29, 0.717) is 5.57 Å². The second-order valence-electron chi connectivity index (χ2n) is 7.09. The van der Waals surface area contributed by atoms with Crippen molar-refractivity contribution in [3.8, 4) is 11.9 Å². The molecule has 0 aliphatic heterocycles. The lowest BCUT2D eigenvalue weighted by atomic mass is 10.0. The Labute approximate surface area is 165 Å². The van der Waals surface area contributed by atoms with Crippen LogP contribution in [0.1, 0.15) is 28.1 Å². The van der Waals surface area contributed by atoms with Crippen molar-refractivity contribution in [1.29, 1.82) is 5.26 Å². The van der Waals surface area contributed by atoms with Crippen LogP contribution in [0.2, 0.25) is 0 Å². The molecule has 0 aliphatic rings. The lowest BCUT2D eigenvalue weighted by molar-refractivity contribution is 0.918. The summed E-state index contributed by atoms with van der Waals surface area (Å²) in [6.07, 6.45) is 3.80. The van der Waals surface area contributed by atoms with Crippen molar-refractivity contribution in [1.82, 2.24) is 9.55 Å². The van der Waals surface area contributed by atoms with Crippen LogP contribution in [0.3, 0.4) is 0 Å². The predicted octanol–water partition coefficient (Wildman–Crippen LogP) is 6.01. The maximum absolute atomic E-state index is 9.80. The second-order valence-corrected chi connectivity index (χ2v) is 7.09. The van der Waals surface area contributed by atoms with Crippen molar-refractivity contribution in [2.24, 2.45) is 0 Å². The topological polar surface area (TPSA) is 41.6 Å². The van der Waals surface area contributed by atoms with Crippen molar-refractivity contribution in [3.05, 3.63) is 94.9 Å². The van der Waals surface area contributed by atoms with E-state index in [-0.39, 0.29) is 0 Å². The highest BCUT2D eigenvalue weighted by molar-refractivity contribution is 5.94. The Bertz CT molecular complexity index is 1250. The van der Waals surface area contributed by atoms with Crippen LogP contribution < -0.4 is 0 Å². The van der Waals surface area contributed by atoms with Crippen molar-refractivity contribution < 1.29 is 0 Å². The van der Waals surface area contributed by atoms with Gasteiger partial charge in [0.25, 0.3) is 0 Å². The standard InChI is InChI=1S/C25H21N3/c1-17-10-11-27-25(12-17)28-18(2)13-23(19(28)3)15-24(16-26)22-9-8-20-6-4-5-7-21(20)14-22/h4-15H,1-3H3/b24-15-. The Kier molecular flexibility index (Phi) is 4.55. The average Bonchev–Trinajstić information content (AvgIpc) is 2.98. The van der Waals surface area contributed by atoms with Crippen LogP contribution in [0.25, 0.3) is 28.2 Å². The van der Waals surface area contributed by atoms with Crippen molar-refractivity contribution in [2.45, 2.75) is 20.8 Å².